The highest BCUT2D eigenvalue weighted by Gasteiger charge is 2.49. The largest absolute Gasteiger partial charge is 0.329 e. The van der Waals surface area contributed by atoms with Crippen molar-refractivity contribution >= 4 is 17.5 Å². The van der Waals surface area contributed by atoms with Crippen molar-refractivity contribution in [1.29, 1.82) is 0 Å². The summed E-state index contributed by atoms with van der Waals surface area (Å²) in [6.07, 6.45) is 8.36. The molecule has 114 valence electrons. The van der Waals surface area contributed by atoms with Gasteiger partial charge in [0.1, 0.15) is 5.54 Å². The van der Waals surface area contributed by atoms with Crippen molar-refractivity contribution in [2.24, 2.45) is 5.92 Å². The first kappa shape index (κ1) is 14.3. The van der Waals surface area contributed by atoms with Gasteiger partial charge >= 0.3 is 6.03 Å². The van der Waals surface area contributed by atoms with E-state index < -0.39 is 11.6 Å². The van der Waals surface area contributed by atoms with Crippen LogP contribution in [0.1, 0.15) is 25.3 Å². The van der Waals surface area contributed by atoms with Crippen molar-refractivity contribution < 1.29 is 9.59 Å². The lowest BCUT2D eigenvalue weighted by molar-refractivity contribution is -0.125. The van der Waals surface area contributed by atoms with Crippen molar-refractivity contribution in [1.82, 2.24) is 15.6 Å². The average Bonchev–Trinajstić information content (AvgIpc) is 2.83. The summed E-state index contributed by atoms with van der Waals surface area (Å²) < 4.78 is 0. The molecule has 1 saturated heterocycles. The lowest BCUT2D eigenvalue weighted by Gasteiger charge is -2.33. The zero-order valence-electron chi connectivity index (χ0n) is 12.2. The second-order valence-corrected chi connectivity index (χ2v) is 5.51. The summed E-state index contributed by atoms with van der Waals surface area (Å²) in [7, 11) is 0. The molecule has 3 N–H and O–H groups in total. The number of amides is 3. The number of allylic oxidation sites excluding steroid dienone is 3. The van der Waals surface area contributed by atoms with Crippen molar-refractivity contribution in [2.75, 3.05) is 0 Å². The average molecular weight is 299 g/mol. The van der Waals surface area contributed by atoms with Gasteiger partial charge in [0, 0.05) is 17.7 Å². The highest BCUT2D eigenvalue weighted by atomic mass is 16.2. The molecule has 1 unspecified atom stereocenters. The van der Waals surface area contributed by atoms with Crippen LogP contribution in [-0.4, -0.2) is 22.5 Å². The molecule has 0 bridgehead atoms. The summed E-state index contributed by atoms with van der Waals surface area (Å²) in [5.74, 6) is -0.417. The molecule has 22 heavy (non-hydrogen) atoms. The van der Waals surface area contributed by atoms with Gasteiger partial charge in [-0.25, -0.2) is 4.79 Å². The Morgan fingerprint density at radius 2 is 2.14 bits per heavy atom. The van der Waals surface area contributed by atoms with E-state index in [4.69, 9.17) is 0 Å². The number of carbonyl (C=O) groups excluding carboxylic acids is 2. The van der Waals surface area contributed by atoms with Gasteiger partial charge in [0.25, 0.3) is 11.5 Å². The fourth-order valence-electron chi connectivity index (χ4n) is 3.11. The monoisotopic (exact) mass is 299 g/mol. The molecule has 6 heteroatoms. The molecule has 1 aliphatic carbocycles. The molecule has 0 aromatic carbocycles. The summed E-state index contributed by atoms with van der Waals surface area (Å²) in [6, 6.07) is 3.08. The van der Waals surface area contributed by atoms with Gasteiger partial charge in [-0.2, -0.15) is 0 Å². The molecule has 1 fully saturated rings. The van der Waals surface area contributed by atoms with E-state index in [9.17, 15) is 14.4 Å². The van der Waals surface area contributed by atoms with Crippen LogP contribution >= 0.6 is 0 Å². The van der Waals surface area contributed by atoms with Gasteiger partial charge in [-0.05, 0) is 30.5 Å². The number of hydrogen-bond acceptors (Lipinski definition) is 3. The van der Waals surface area contributed by atoms with Crippen LogP contribution in [0.3, 0.4) is 0 Å². The zero-order valence-corrected chi connectivity index (χ0v) is 12.2. The SMILES string of the molecule is CC[C@@]1(C2C=CC(c3ccc[nH]c3=O)=CC2)NC(=O)NC1=O. The Hall–Kier alpha value is -2.63. The molecule has 3 rings (SSSR count). The molecule has 2 atom stereocenters. The molecule has 1 aromatic heterocycles. The van der Waals surface area contributed by atoms with E-state index >= 15 is 0 Å². The maximum Gasteiger partial charge on any atom is 0.322 e. The highest BCUT2D eigenvalue weighted by molar-refractivity contribution is 6.07. The first-order valence-electron chi connectivity index (χ1n) is 7.27. The van der Waals surface area contributed by atoms with Crippen molar-refractivity contribution in [3.8, 4) is 0 Å². The minimum absolute atomic E-state index is 0.129. The third-order valence-corrected chi connectivity index (χ3v) is 4.39. The first-order chi connectivity index (χ1) is 10.6. The normalized spacial score (nSPS) is 27.3. The van der Waals surface area contributed by atoms with E-state index in [1.165, 1.54) is 0 Å². The van der Waals surface area contributed by atoms with E-state index in [0.717, 1.165) is 5.57 Å². The number of pyridine rings is 1. The fourth-order valence-corrected chi connectivity index (χ4v) is 3.11. The van der Waals surface area contributed by atoms with Gasteiger partial charge < -0.3 is 10.3 Å². The number of carbonyl (C=O) groups is 2. The summed E-state index contributed by atoms with van der Waals surface area (Å²) in [5.41, 5.74) is 0.379. The molecule has 3 amide bonds. The standard InChI is InChI=1S/C16H17N3O3/c1-2-16(14(21)18-15(22)19-16)11-7-5-10(6-8-11)12-4-3-9-17-13(12)20/h3-7,9,11H,2,8H2,1H3,(H,17,20)(H2,18,19,21,22)/t11?,16-/m0/s1. The highest BCUT2D eigenvalue weighted by Crippen LogP contribution is 2.33. The molecule has 6 nitrogen and oxygen atoms in total. The molecule has 0 spiro atoms. The van der Waals surface area contributed by atoms with E-state index in [2.05, 4.69) is 15.6 Å². The molecular formula is C16H17N3O3. The van der Waals surface area contributed by atoms with Gasteiger partial charge in [0.2, 0.25) is 0 Å². The number of urea groups is 1. The van der Waals surface area contributed by atoms with Crippen LogP contribution in [0.15, 0.2) is 41.4 Å². The van der Waals surface area contributed by atoms with Crippen LogP contribution < -0.4 is 16.2 Å². The van der Waals surface area contributed by atoms with Crippen LogP contribution in [0.2, 0.25) is 0 Å². The van der Waals surface area contributed by atoms with Crippen LogP contribution in [0, 0.1) is 5.92 Å². The molecule has 1 aromatic rings. The molecule has 0 radical (unpaired) electrons. The van der Waals surface area contributed by atoms with E-state index in [1.807, 2.05) is 25.2 Å². The number of nitrogens with one attached hydrogen (secondary N) is 3. The van der Waals surface area contributed by atoms with Crippen LogP contribution in [0.25, 0.3) is 5.57 Å². The van der Waals surface area contributed by atoms with Crippen molar-refractivity contribution in [3.05, 3.63) is 52.5 Å². The molecule has 2 aliphatic rings. The Kier molecular flexibility index (Phi) is 3.44. The van der Waals surface area contributed by atoms with Gasteiger partial charge in [-0.1, -0.05) is 25.2 Å². The zero-order chi connectivity index (χ0) is 15.7. The van der Waals surface area contributed by atoms with E-state index in [-0.39, 0.29) is 17.4 Å². The van der Waals surface area contributed by atoms with Crippen molar-refractivity contribution in [3.63, 3.8) is 0 Å². The maximum atomic E-state index is 12.1. The number of hydrogen-bond donors (Lipinski definition) is 3. The second kappa shape index (κ2) is 5.29. The second-order valence-electron chi connectivity index (χ2n) is 5.51. The summed E-state index contributed by atoms with van der Waals surface area (Å²) >= 11 is 0. The Morgan fingerprint density at radius 1 is 1.32 bits per heavy atom. The topological polar surface area (TPSA) is 91.1 Å². The number of H-pyrrole nitrogens is 1. The lowest BCUT2D eigenvalue weighted by atomic mass is 9.76. The summed E-state index contributed by atoms with van der Waals surface area (Å²) in [5, 5.41) is 5.06. The number of rotatable bonds is 3. The van der Waals surface area contributed by atoms with E-state index in [0.29, 0.717) is 18.4 Å². The Labute approximate surface area is 127 Å². The minimum Gasteiger partial charge on any atom is -0.329 e. The summed E-state index contributed by atoms with van der Waals surface area (Å²) in [4.78, 5) is 38.1. The number of aromatic nitrogens is 1. The predicted molar refractivity (Wildman–Crippen MR) is 82.0 cm³/mol. The first-order valence-corrected chi connectivity index (χ1v) is 7.27. The number of aromatic amines is 1. The third-order valence-electron chi connectivity index (χ3n) is 4.39. The van der Waals surface area contributed by atoms with Gasteiger partial charge in [-0.3, -0.25) is 14.9 Å². The molecule has 2 heterocycles. The van der Waals surface area contributed by atoms with Crippen LogP contribution in [0.4, 0.5) is 4.79 Å². The Bertz CT molecular complexity index is 747. The Balaban J connectivity index is 1.87. The van der Waals surface area contributed by atoms with Gasteiger partial charge in [0.15, 0.2) is 0 Å². The van der Waals surface area contributed by atoms with Gasteiger partial charge in [-0.15, -0.1) is 0 Å². The smallest absolute Gasteiger partial charge is 0.322 e. The fraction of sp³-hybridized carbons (Fsp3) is 0.312. The van der Waals surface area contributed by atoms with Crippen LogP contribution in [0.5, 0.6) is 0 Å². The lowest BCUT2D eigenvalue weighted by Crippen LogP contribution is -2.52. The predicted octanol–water partition coefficient (Wildman–Crippen LogP) is 1.32. The maximum absolute atomic E-state index is 12.1. The quantitative estimate of drug-likeness (QED) is 0.735. The Morgan fingerprint density at radius 3 is 2.68 bits per heavy atom. The molecule has 1 aliphatic heterocycles. The summed E-state index contributed by atoms with van der Waals surface area (Å²) in [6.45, 7) is 1.88. The number of imide groups is 1. The van der Waals surface area contributed by atoms with Crippen molar-refractivity contribution in [2.45, 2.75) is 25.3 Å². The van der Waals surface area contributed by atoms with Crippen LogP contribution in [-0.2, 0) is 4.79 Å². The van der Waals surface area contributed by atoms with Gasteiger partial charge in [0.05, 0.1) is 0 Å². The molecular weight excluding hydrogens is 282 g/mol. The molecule has 0 saturated carbocycles. The minimum atomic E-state index is -0.904. The third kappa shape index (κ3) is 2.16. The van der Waals surface area contributed by atoms with E-state index in [1.54, 1.807) is 18.3 Å².